The third-order valence-electron chi connectivity index (χ3n) is 4.39. The molecule has 1 aromatic heterocycles. The molecule has 1 aliphatic carbocycles. The minimum absolute atomic E-state index is 0.153. The summed E-state index contributed by atoms with van der Waals surface area (Å²) in [6.45, 7) is 2.34. The van der Waals surface area contributed by atoms with E-state index in [1.165, 1.54) is 26.0 Å². The molecule has 1 fully saturated rings. The highest BCUT2D eigenvalue weighted by atomic mass is 16.5. The van der Waals surface area contributed by atoms with E-state index in [0.717, 1.165) is 12.8 Å². The molecule has 0 atom stereocenters. The summed E-state index contributed by atoms with van der Waals surface area (Å²) in [7, 11) is 1.50. The number of ether oxygens (including phenoxy) is 2. The minimum atomic E-state index is -1.01. The quantitative estimate of drug-likeness (QED) is 0.873. The molecular formula is C18H22N2O4. The number of rotatable bonds is 6. The lowest BCUT2D eigenvalue weighted by Crippen LogP contribution is -2.06. The predicted molar refractivity (Wildman–Crippen MR) is 89.8 cm³/mol. The number of carboxylic acids is 1. The molecule has 6 nitrogen and oxygen atoms in total. The Bertz CT molecular complexity index is 733. The number of methoxy groups -OCH3 is 1. The molecule has 128 valence electrons. The van der Waals surface area contributed by atoms with Gasteiger partial charge in [0.05, 0.1) is 31.0 Å². The molecule has 6 heteroatoms. The molecule has 3 rings (SSSR count). The first kappa shape index (κ1) is 16.4. The van der Waals surface area contributed by atoms with Crippen LogP contribution < -0.4 is 9.47 Å². The lowest BCUT2D eigenvalue weighted by atomic mass is 10.1. The van der Waals surface area contributed by atoms with E-state index in [9.17, 15) is 9.90 Å². The topological polar surface area (TPSA) is 73.6 Å². The van der Waals surface area contributed by atoms with Gasteiger partial charge in [-0.05, 0) is 38.0 Å². The fraction of sp³-hybridized carbons (Fsp3) is 0.444. The smallest absolute Gasteiger partial charge is 0.335 e. The molecule has 1 heterocycles. The van der Waals surface area contributed by atoms with Crippen molar-refractivity contribution in [1.82, 2.24) is 9.78 Å². The van der Waals surface area contributed by atoms with E-state index in [1.54, 1.807) is 6.07 Å². The average Bonchev–Trinajstić information content (AvgIpc) is 3.26. The summed E-state index contributed by atoms with van der Waals surface area (Å²) < 4.78 is 13.0. The fourth-order valence-electron chi connectivity index (χ4n) is 3.21. The van der Waals surface area contributed by atoms with Gasteiger partial charge in [-0.25, -0.2) is 4.79 Å². The number of carbonyl (C=O) groups is 1. The molecule has 2 aromatic rings. The van der Waals surface area contributed by atoms with Crippen LogP contribution in [0.1, 0.15) is 49.0 Å². The first-order valence-electron chi connectivity index (χ1n) is 8.27. The monoisotopic (exact) mass is 330 g/mol. The van der Waals surface area contributed by atoms with Gasteiger partial charge in [0.15, 0.2) is 11.5 Å². The SMILES string of the molecule is CCOc1c(OC)cc(C(=O)O)cc1-c1ccn(C2CCCC2)n1. The Labute approximate surface area is 141 Å². The van der Waals surface area contributed by atoms with Crippen molar-refractivity contribution in [2.24, 2.45) is 0 Å². The number of nitrogens with zero attached hydrogens (tertiary/aromatic N) is 2. The second-order valence-electron chi connectivity index (χ2n) is 5.91. The minimum Gasteiger partial charge on any atom is -0.493 e. The van der Waals surface area contributed by atoms with Gasteiger partial charge in [-0.2, -0.15) is 5.10 Å². The van der Waals surface area contributed by atoms with Crippen LogP contribution in [0.3, 0.4) is 0 Å². The van der Waals surface area contributed by atoms with Crippen LogP contribution >= 0.6 is 0 Å². The fourth-order valence-corrected chi connectivity index (χ4v) is 3.21. The highest BCUT2D eigenvalue weighted by molar-refractivity contribution is 5.91. The molecule has 0 radical (unpaired) electrons. The molecule has 0 saturated heterocycles. The van der Waals surface area contributed by atoms with Gasteiger partial charge < -0.3 is 14.6 Å². The highest BCUT2D eigenvalue weighted by Gasteiger charge is 2.22. The number of carboxylic acid groups (broad SMARTS) is 1. The van der Waals surface area contributed by atoms with Gasteiger partial charge in [-0.15, -0.1) is 0 Å². The van der Waals surface area contributed by atoms with Crippen LogP contribution in [0.5, 0.6) is 11.5 Å². The van der Waals surface area contributed by atoms with Gasteiger partial charge in [-0.1, -0.05) is 12.8 Å². The Morgan fingerprint density at radius 1 is 1.38 bits per heavy atom. The van der Waals surface area contributed by atoms with Gasteiger partial charge in [0.25, 0.3) is 0 Å². The summed E-state index contributed by atoms with van der Waals surface area (Å²) in [6, 6.07) is 5.40. The first-order chi connectivity index (χ1) is 11.6. The number of benzene rings is 1. The maximum Gasteiger partial charge on any atom is 0.335 e. The Kier molecular flexibility index (Phi) is 4.74. The summed E-state index contributed by atoms with van der Waals surface area (Å²) >= 11 is 0. The summed E-state index contributed by atoms with van der Waals surface area (Å²) in [4.78, 5) is 11.4. The standard InChI is InChI=1S/C18H22N2O4/c1-3-24-17-14(10-12(18(21)22)11-16(17)23-2)15-8-9-20(19-15)13-6-4-5-7-13/h8-11,13H,3-7H2,1-2H3,(H,21,22). The molecule has 24 heavy (non-hydrogen) atoms. The molecule has 1 aliphatic rings. The van der Waals surface area contributed by atoms with Crippen LogP contribution in [0, 0.1) is 0 Å². The molecule has 0 bridgehead atoms. The van der Waals surface area contributed by atoms with E-state index in [4.69, 9.17) is 9.47 Å². The zero-order valence-corrected chi connectivity index (χ0v) is 14.0. The molecule has 0 spiro atoms. The lowest BCUT2D eigenvalue weighted by molar-refractivity contribution is 0.0696. The molecule has 0 aliphatic heterocycles. The van der Waals surface area contributed by atoms with Crippen LogP contribution in [-0.4, -0.2) is 34.6 Å². The van der Waals surface area contributed by atoms with Crippen molar-refractivity contribution in [2.75, 3.05) is 13.7 Å². The number of hydrogen-bond donors (Lipinski definition) is 1. The van der Waals surface area contributed by atoms with Crippen LogP contribution in [0.25, 0.3) is 11.3 Å². The van der Waals surface area contributed by atoms with Gasteiger partial charge >= 0.3 is 5.97 Å². The van der Waals surface area contributed by atoms with Gasteiger partial charge in [0, 0.05) is 11.8 Å². The largest absolute Gasteiger partial charge is 0.493 e. The zero-order valence-electron chi connectivity index (χ0n) is 14.0. The van der Waals surface area contributed by atoms with Crippen molar-refractivity contribution in [1.29, 1.82) is 0 Å². The maximum absolute atomic E-state index is 11.4. The van der Waals surface area contributed by atoms with Crippen molar-refractivity contribution in [3.63, 3.8) is 0 Å². The predicted octanol–water partition coefficient (Wildman–Crippen LogP) is 3.77. The van der Waals surface area contributed by atoms with Gasteiger partial charge in [-0.3, -0.25) is 4.68 Å². The third-order valence-corrected chi connectivity index (χ3v) is 4.39. The van der Waals surface area contributed by atoms with Crippen LogP contribution in [0.4, 0.5) is 0 Å². The van der Waals surface area contributed by atoms with E-state index in [1.807, 2.05) is 23.9 Å². The Balaban J connectivity index is 2.07. The Hall–Kier alpha value is -2.50. The molecule has 0 unspecified atom stereocenters. The third kappa shape index (κ3) is 3.09. The van der Waals surface area contributed by atoms with Crippen LogP contribution in [-0.2, 0) is 0 Å². The first-order valence-corrected chi connectivity index (χ1v) is 8.27. The van der Waals surface area contributed by atoms with Crippen molar-refractivity contribution < 1.29 is 19.4 Å². The van der Waals surface area contributed by atoms with Crippen molar-refractivity contribution in [3.05, 3.63) is 30.0 Å². The van der Waals surface area contributed by atoms with Gasteiger partial charge in [0.1, 0.15) is 0 Å². The summed E-state index contributed by atoms with van der Waals surface area (Å²) in [5, 5.41) is 14.0. The number of hydrogen-bond acceptors (Lipinski definition) is 4. The second-order valence-corrected chi connectivity index (χ2v) is 5.91. The van der Waals surface area contributed by atoms with Crippen LogP contribution in [0.15, 0.2) is 24.4 Å². The van der Waals surface area contributed by atoms with E-state index >= 15 is 0 Å². The maximum atomic E-state index is 11.4. The number of aromatic carboxylic acids is 1. The van der Waals surface area contributed by atoms with Crippen molar-refractivity contribution >= 4 is 5.97 Å². The Morgan fingerprint density at radius 2 is 2.12 bits per heavy atom. The molecule has 0 amide bonds. The van der Waals surface area contributed by atoms with Gasteiger partial charge in [0.2, 0.25) is 0 Å². The summed E-state index contributed by atoms with van der Waals surface area (Å²) in [6.07, 6.45) is 6.69. The average molecular weight is 330 g/mol. The number of aromatic nitrogens is 2. The Morgan fingerprint density at radius 3 is 2.75 bits per heavy atom. The molecule has 1 saturated carbocycles. The van der Waals surface area contributed by atoms with Crippen molar-refractivity contribution in [2.45, 2.75) is 38.6 Å². The highest BCUT2D eigenvalue weighted by Crippen LogP contribution is 2.39. The van der Waals surface area contributed by atoms with E-state index in [0.29, 0.717) is 35.4 Å². The molecule has 1 aromatic carbocycles. The van der Waals surface area contributed by atoms with E-state index in [2.05, 4.69) is 5.10 Å². The molecular weight excluding hydrogens is 308 g/mol. The summed E-state index contributed by atoms with van der Waals surface area (Å²) in [5.41, 5.74) is 1.50. The second kappa shape index (κ2) is 6.95. The lowest BCUT2D eigenvalue weighted by Gasteiger charge is -2.14. The zero-order chi connectivity index (χ0) is 17.1. The molecule has 1 N–H and O–H groups in total. The van der Waals surface area contributed by atoms with Crippen LogP contribution in [0.2, 0.25) is 0 Å². The van der Waals surface area contributed by atoms with Crippen molar-refractivity contribution in [3.8, 4) is 22.8 Å². The normalized spacial score (nSPS) is 14.8. The van der Waals surface area contributed by atoms with E-state index in [-0.39, 0.29) is 5.56 Å². The summed E-state index contributed by atoms with van der Waals surface area (Å²) in [5.74, 6) is -0.0725. The van der Waals surface area contributed by atoms with E-state index < -0.39 is 5.97 Å².